The molecule has 22 heavy (non-hydrogen) atoms. The molecule has 4 rings (SSSR count). The highest BCUT2D eigenvalue weighted by Gasteiger charge is 2.10. The number of rotatable bonds is 2. The van der Waals surface area contributed by atoms with Crippen LogP contribution in [0.2, 0.25) is 5.28 Å². The van der Waals surface area contributed by atoms with Crippen molar-refractivity contribution in [3.8, 4) is 22.4 Å². The molecule has 0 aliphatic heterocycles. The Labute approximate surface area is 131 Å². The predicted molar refractivity (Wildman–Crippen MR) is 86.5 cm³/mol. The molecule has 3 aromatic heterocycles. The van der Waals surface area contributed by atoms with Gasteiger partial charge in [0.15, 0.2) is 0 Å². The monoisotopic (exact) mass is 309 g/mol. The molecule has 3 heterocycles. The number of aromatic nitrogens is 5. The third kappa shape index (κ3) is 2.16. The SMILES string of the molecule is Cn1cc(-c2ccc3c(-c4ccnc(Cl)n4)c[nH]c3c2)cn1. The van der Waals surface area contributed by atoms with E-state index >= 15 is 0 Å². The molecule has 0 saturated heterocycles. The molecule has 0 radical (unpaired) electrons. The fourth-order valence-electron chi connectivity index (χ4n) is 2.57. The van der Waals surface area contributed by atoms with Gasteiger partial charge in [-0.1, -0.05) is 12.1 Å². The lowest BCUT2D eigenvalue weighted by Gasteiger charge is -2.01. The van der Waals surface area contributed by atoms with Gasteiger partial charge in [0.1, 0.15) is 0 Å². The smallest absolute Gasteiger partial charge is 0.222 e. The first-order chi connectivity index (χ1) is 10.7. The Balaban J connectivity index is 1.84. The van der Waals surface area contributed by atoms with Crippen molar-refractivity contribution in [3.05, 3.63) is 54.3 Å². The molecule has 0 amide bonds. The summed E-state index contributed by atoms with van der Waals surface area (Å²) in [4.78, 5) is 11.5. The van der Waals surface area contributed by atoms with Crippen LogP contribution in [0, 0.1) is 0 Å². The van der Waals surface area contributed by atoms with Gasteiger partial charge in [-0.2, -0.15) is 5.10 Å². The van der Waals surface area contributed by atoms with Crippen molar-refractivity contribution >= 4 is 22.5 Å². The Hall–Kier alpha value is -2.66. The molecular weight excluding hydrogens is 298 g/mol. The van der Waals surface area contributed by atoms with E-state index in [1.165, 1.54) is 0 Å². The van der Waals surface area contributed by atoms with Gasteiger partial charge in [0.05, 0.1) is 11.9 Å². The number of benzene rings is 1. The van der Waals surface area contributed by atoms with Crippen LogP contribution in [0.5, 0.6) is 0 Å². The van der Waals surface area contributed by atoms with Crippen molar-refractivity contribution < 1.29 is 0 Å². The molecule has 4 aromatic rings. The number of H-pyrrole nitrogens is 1. The summed E-state index contributed by atoms with van der Waals surface area (Å²) in [5.41, 5.74) is 5.07. The Kier molecular flexibility index (Phi) is 2.94. The average Bonchev–Trinajstić information content (AvgIpc) is 3.12. The highest BCUT2D eigenvalue weighted by Crippen LogP contribution is 2.30. The summed E-state index contributed by atoms with van der Waals surface area (Å²) in [5, 5.41) is 5.56. The van der Waals surface area contributed by atoms with E-state index in [1.54, 1.807) is 10.9 Å². The van der Waals surface area contributed by atoms with Gasteiger partial charge < -0.3 is 4.98 Å². The van der Waals surface area contributed by atoms with Gasteiger partial charge >= 0.3 is 0 Å². The molecule has 0 atom stereocenters. The molecule has 6 heteroatoms. The third-order valence-corrected chi connectivity index (χ3v) is 3.80. The number of nitrogens with one attached hydrogen (secondary N) is 1. The van der Waals surface area contributed by atoms with Crippen LogP contribution in [0.1, 0.15) is 0 Å². The molecule has 0 bridgehead atoms. The van der Waals surface area contributed by atoms with Crippen molar-refractivity contribution in [2.75, 3.05) is 0 Å². The minimum absolute atomic E-state index is 0.249. The molecule has 5 nitrogen and oxygen atoms in total. The van der Waals surface area contributed by atoms with Gasteiger partial charge in [-0.05, 0) is 29.3 Å². The molecule has 1 aromatic carbocycles. The summed E-state index contributed by atoms with van der Waals surface area (Å²) in [5.74, 6) is 0. The molecular formula is C16H12ClN5. The predicted octanol–water partition coefficient (Wildman–Crippen LogP) is 3.68. The van der Waals surface area contributed by atoms with E-state index in [4.69, 9.17) is 11.6 Å². The molecule has 0 spiro atoms. The maximum Gasteiger partial charge on any atom is 0.222 e. The van der Waals surface area contributed by atoms with Crippen molar-refractivity contribution in [3.63, 3.8) is 0 Å². The Morgan fingerprint density at radius 2 is 2.09 bits per heavy atom. The van der Waals surface area contributed by atoms with Crippen molar-refractivity contribution in [2.45, 2.75) is 0 Å². The quantitative estimate of drug-likeness (QED) is 0.575. The summed E-state index contributed by atoms with van der Waals surface area (Å²) in [6.45, 7) is 0. The summed E-state index contributed by atoms with van der Waals surface area (Å²) in [6.07, 6.45) is 7.45. The van der Waals surface area contributed by atoms with Crippen LogP contribution < -0.4 is 0 Å². The van der Waals surface area contributed by atoms with Gasteiger partial charge in [-0.15, -0.1) is 0 Å². The van der Waals surface area contributed by atoms with E-state index < -0.39 is 0 Å². The number of nitrogens with zero attached hydrogens (tertiary/aromatic N) is 4. The fourth-order valence-corrected chi connectivity index (χ4v) is 2.72. The van der Waals surface area contributed by atoms with Gasteiger partial charge in [-0.25, -0.2) is 9.97 Å². The molecule has 108 valence electrons. The van der Waals surface area contributed by atoms with E-state index in [2.05, 4.69) is 38.2 Å². The van der Waals surface area contributed by atoms with E-state index in [1.807, 2.05) is 31.7 Å². The Bertz CT molecular complexity index is 970. The number of hydrogen-bond acceptors (Lipinski definition) is 3. The van der Waals surface area contributed by atoms with Crippen LogP contribution >= 0.6 is 11.6 Å². The molecule has 0 fully saturated rings. The second kappa shape index (κ2) is 4.96. The molecule has 1 N–H and O–H groups in total. The molecule has 0 aliphatic carbocycles. The maximum absolute atomic E-state index is 5.88. The number of fused-ring (bicyclic) bond motifs is 1. The van der Waals surface area contributed by atoms with E-state index in [9.17, 15) is 0 Å². The topological polar surface area (TPSA) is 59.4 Å². The zero-order valence-corrected chi connectivity index (χ0v) is 12.5. The lowest BCUT2D eigenvalue weighted by molar-refractivity contribution is 0.768. The molecule has 0 unspecified atom stereocenters. The molecule has 0 aliphatic rings. The number of aryl methyl sites for hydroxylation is 1. The van der Waals surface area contributed by atoms with Crippen LogP contribution in [0.25, 0.3) is 33.3 Å². The number of hydrogen-bond donors (Lipinski definition) is 1. The summed E-state index contributed by atoms with van der Waals surface area (Å²) in [7, 11) is 1.91. The second-order valence-corrected chi connectivity index (χ2v) is 5.41. The zero-order chi connectivity index (χ0) is 15.1. The number of halogens is 1. The highest BCUT2D eigenvalue weighted by molar-refractivity contribution is 6.28. The van der Waals surface area contributed by atoms with Crippen LogP contribution in [0.4, 0.5) is 0 Å². The van der Waals surface area contributed by atoms with Gasteiger partial charge in [0.25, 0.3) is 0 Å². The van der Waals surface area contributed by atoms with Gasteiger partial charge in [-0.3, -0.25) is 4.68 Å². The molecule has 0 saturated carbocycles. The third-order valence-electron chi connectivity index (χ3n) is 3.62. The summed E-state index contributed by atoms with van der Waals surface area (Å²) >= 11 is 5.88. The Morgan fingerprint density at radius 3 is 2.86 bits per heavy atom. The first-order valence-corrected chi connectivity index (χ1v) is 7.17. The zero-order valence-electron chi connectivity index (χ0n) is 11.8. The first-order valence-electron chi connectivity index (χ1n) is 6.80. The lowest BCUT2D eigenvalue weighted by atomic mass is 10.0. The average molecular weight is 310 g/mol. The van der Waals surface area contributed by atoms with Gasteiger partial charge in [0, 0.05) is 47.7 Å². The van der Waals surface area contributed by atoms with Crippen LogP contribution in [-0.2, 0) is 7.05 Å². The Morgan fingerprint density at radius 1 is 1.18 bits per heavy atom. The normalized spacial score (nSPS) is 11.2. The van der Waals surface area contributed by atoms with E-state index in [0.29, 0.717) is 0 Å². The second-order valence-electron chi connectivity index (χ2n) is 5.08. The lowest BCUT2D eigenvalue weighted by Crippen LogP contribution is -1.85. The van der Waals surface area contributed by atoms with E-state index in [0.717, 1.165) is 33.3 Å². The minimum atomic E-state index is 0.249. The fraction of sp³-hybridized carbons (Fsp3) is 0.0625. The van der Waals surface area contributed by atoms with Crippen molar-refractivity contribution in [1.29, 1.82) is 0 Å². The standard InChI is InChI=1S/C16H12ClN5/c1-22-9-11(7-20-22)10-2-3-12-13(8-19-15(12)6-10)14-4-5-18-16(17)21-14/h2-9,19H,1H3. The van der Waals surface area contributed by atoms with Crippen LogP contribution in [-0.4, -0.2) is 24.7 Å². The summed E-state index contributed by atoms with van der Waals surface area (Å²) in [6, 6.07) is 8.13. The highest BCUT2D eigenvalue weighted by atomic mass is 35.5. The minimum Gasteiger partial charge on any atom is -0.360 e. The van der Waals surface area contributed by atoms with Gasteiger partial charge in [0.2, 0.25) is 5.28 Å². The van der Waals surface area contributed by atoms with Crippen molar-refractivity contribution in [2.24, 2.45) is 7.05 Å². The van der Waals surface area contributed by atoms with Crippen LogP contribution in [0.3, 0.4) is 0 Å². The van der Waals surface area contributed by atoms with Crippen molar-refractivity contribution in [1.82, 2.24) is 24.7 Å². The summed E-state index contributed by atoms with van der Waals surface area (Å²) < 4.78 is 1.79. The number of aromatic amines is 1. The maximum atomic E-state index is 5.88. The largest absolute Gasteiger partial charge is 0.360 e. The first kappa shape index (κ1) is 13.0. The van der Waals surface area contributed by atoms with E-state index in [-0.39, 0.29) is 5.28 Å². The van der Waals surface area contributed by atoms with Crippen LogP contribution in [0.15, 0.2) is 49.1 Å².